The summed E-state index contributed by atoms with van der Waals surface area (Å²) in [6.07, 6.45) is -1.38. The van der Waals surface area contributed by atoms with Gasteiger partial charge in [0.1, 0.15) is 10.3 Å². The summed E-state index contributed by atoms with van der Waals surface area (Å²) in [7, 11) is 1.16. The molecule has 0 aliphatic heterocycles. The van der Waals surface area contributed by atoms with E-state index in [1.54, 1.807) is 12.1 Å². The molecule has 0 aliphatic carbocycles. The van der Waals surface area contributed by atoms with Crippen LogP contribution in [0.25, 0.3) is 0 Å². The number of nitrogens with zero attached hydrogens (tertiary/aromatic N) is 1. The molecule has 0 bridgehead atoms. The third-order valence-electron chi connectivity index (χ3n) is 1.88. The van der Waals surface area contributed by atoms with Crippen LogP contribution in [-0.4, -0.2) is 41.7 Å². The number of esters is 1. The van der Waals surface area contributed by atoms with Crippen LogP contribution in [0.3, 0.4) is 0 Å². The van der Waals surface area contributed by atoms with Crippen LogP contribution >= 0.6 is 15.9 Å². The van der Waals surface area contributed by atoms with E-state index >= 15 is 0 Å². The maximum absolute atomic E-state index is 11.6. The van der Waals surface area contributed by atoms with E-state index in [1.165, 1.54) is 6.07 Å². The Morgan fingerprint density at radius 3 is 2.88 bits per heavy atom. The predicted molar refractivity (Wildman–Crippen MR) is 62.3 cm³/mol. The zero-order valence-electron chi connectivity index (χ0n) is 9.01. The minimum Gasteiger partial charge on any atom is -0.467 e. The predicted octanol–water partition coefficient (Wildman–Crippen LogP) is 0.108. The van der Waals surface area contributed by atoms with Gasteiger partial charge in [0.15, 0.2) is 6.10 Å². The van der Waals surface area contributed by atoms with Crippen LogP contribution in [-0.2, 0) is 9.53 Å². The highest BCUT2D eigenvalue weighted by Crippen LogP contribution is 2.05. The number of carbonyl (C=O) groups is 2. The monoisotopic (exact) mass is 302 g/mol. The minimum absolute atomic E-state index is 0.191. The fraction of sp³-hybridized carbons (Fsp3) is 0.300. The number of hydrogen-bond acceptors (Lipinski definition) is 5. The van der Waals surface area contributed by atoms with E-state index in [0.29, 0.717) is 4.60 Å². The molecule has 1 rings (SSSR count). The van der Waals surface area contributed by atoms with E-state index < -0.39 is 18.0 Å². The molecule has 1 aromatic rings. The summed E-state index contributed by atoms with van der Waals surface area (Å²) < 4.78 is 4.83. The highest BCUT2D eigenvalue weighted by molar-refractivity contribution is 9.10. The van der Waals surface area contributed by atoms with Crippen molar-refractivity contribution in [1.82, 2.24) is 10.3 Å². The molecule has 7 heteroatoms. The summed E-state index contributed by atoms with van der Waals surface area (Å²) in [4.78, 5) is 26.3. The van der Waals surface area contributed by atoms with E-state index in [2.05, 4.69) is 31.0 Å². The molecular weight excluding hydrogens is 292 g/mol. The quantitative estimate of drug-likeness (QED) is 0.609. The lowest BCUT2D eigenvalue weighted by Gasteiger charge is -2.09. The largest absolute Gasteiger partial charge is 0.467 e. The summed E-state index contributed by atoms with van der Waals surface area (Å²) in [5, 5.41) is 11.6. The molecule has 92 valence electrons. The van der Waals surface area contributed by atoms with E-state index in [-0.39, 0.29) is 12.2 Å². The third kappa shape index (κ3) is 4.12. The first-order valence-corrected chi connectivity index (χ1v) is 5.50. The van der Waals surface area contributed by atoms with Crippen molar-refractivity contribution in [2.75, 3.05) is 13.7 Å². The van der Waals surface area contributed by atoms with Gasteiger partial charge in [-0.15, -0.1) is 0 Å². The van der Waals surface area contributed by atoms with E-state index in [0.717, 1.165) is 7.11 Å². The first-order valence-electron chi connectivity index (χ1n) is 4.71. The molecule has 0 saturated carbocycles. The fourth-order valence-corrected chi connectivity index (χ4v) is 1.38. The second-order valence-electron chi connectivity index (χ2n) is 3.09. The zero-order valence-corrected chi connectivity index (χ0v) is 10.6. The van der Waals surface area contributed by atoms with Gasteiger partial charge in [-0.3, -0.25) is 4.79 Å². The fourth-order valence-electron chi connectivity index (χ4n) is 1.03. The molecule has 0 fully saturated rings. The molecule has 1 heterocycles. The number of carbonyl (C=O) groups excluding carboxylic acids is 2. The minimum atomic E-state index is -1.38. The van der Waals surface area contributed by atoms with Crippen LogP contribution < -0.4 is 5.32 Å². The van der Waals surface area contributed by atoms with Crippen molar-refractivity contribution in [2.24, 2.45) is 0 Å². The third-order valence-corrected chi connectivity index (χ3v) is 2.32. The van der Waals surface area contributed by atoms with Crippen molar-refractivity contribution in [3.8, 4) is 0 Å². The first kappa shape index (κ1) is 13.6. The number of ether oxygens (including phenoxy) is 1. The van der Waals surface area contributed by atoms with Gasteiger partial charge in [0, 0.05) is 0 Å². The molecule has 0 spiro atoms. The van der Waals surface area contributed by atoms with E-state index in [1.807, 2.05) is 0 Å². The number of aromatic nitrogens is 1. The number of nitrogens with one attached hydrogen (secondary N) is 1. The molecule has 1 unspecified atom stereocenters. The number of halogens is 1. The number of aliphatic hydroxyl groups is 1. The van der Waals surface area contributed by atoms with Gasteiger partial charge in [0.2, 0.25) is 0 Å². The number of pyridine rings is 1. The molecule has 0 radical (unpaired) electrons. The Balaban J connectivity index is 2.53. The van der Waals surface area contributed by atoms with Gasteiger partial charge in [0.25, 0.3) is 5.91 Å². The van der Waals surface area contributed by atoms with Crippen molar-refractivity contribution in [2.45, 2.75) is 6.10 Å². The Labute approximate surface area is 106 Å². The van der Waals surface area contributed by atoms with Crippen LogP contribution in [0.15, 0.2) is 22.8 Å². The van der Waals surface area contributed by atoms with E-state index in [4.69, 9.17) is 0 Å². The molecule has 17 heavy (non-hydrogen) atoms. The van der Waals surface area contributed by atoms with Crippen molar-refractivity contribution in [1.29, 1.82) is 0 Å². The lowest BCUT2D eigenvalue weighted by molar-refractivity contribution is -0.149. The Morgan fingerprint density at radius 2 is 2.29 bits per heavy atom. The first-order chi connectivity index (χ1) is 8.04. The topological polar surface area (TPSA) is 88.5 Å². The zero-order chi connectivity index (χ0) is 12.8. The molecule has 0 aliphatic rings. The molecule has 2 N–H and O–H groups in total. The average molecular weight is 303 g/mol. The van der Waals surface area contributed by atoms with Gasteiger partial charge in [0.05, 0.1) is 13.7 Å². The number of aliphatic hydroxyl groups excluding tert-OH is 1. The highest BCUT2D eigenvalue weighted by atomic mass is 79.9. The second kappa shape index (κ2) is 6.31. The van der Waals surface area contributed by atoms with E-state index in [9.17, 15) is 14.7 Å². The standard InChI is InChI=1S/C10H11BrN2O4/c1-17-10(16)7(14)5-12-9(15)6-3-2-4-8(11)13-6/h2-4,7,14H,5H2,1H3,(H,12,15). The lowest BCUT2D eigenvalue weighted by Crippen LogP contribution is -2.37. The molecule has 1 amide bonds. The Kier molecular flexibility index (Phi) is 5.05. The van der Waals surface area contributed by atoms with Crippen molar-refractivity contribution in [3.05, 3.63) is 28.5 Å². The highest BCUT2D eigenvalue weighted by Gasteiger charge is 2.17. The van der Waals surface area contributed by atoms with Crippen molar-refractivity contribution < 1.29 is 19.4 Å². The van der Waals surface area contributed by atoms with Gasteiger partial charge in [-0.05, 0) is 28.1 Å². The molecule has 6 nitrogen and oxygen atoms in total. The molecular formula is C10H11BrN2O4. The van der Waals surface area contributed by atoms with Crippen LogP contribution in [0.4, 0.5) is 0 Å². The molecule has 0 aromatic carbocycles. The van der Waals surface area contributed by atoms with Gasteiger partial charge in [-0.25, -0.2) is 9.78 Å². The van der Waals surface area contributed by atoms with Gasteiger partial charge >= 0.3 is 5.97 Å². The SMILES string of the molecule is COC(=O)C(O)CNC(=O)c1cccc(Br)n1. The maximum atomic E-state index is 11.6. The summed E-state index contributed by atoms with van der Waals surface area (Å²) >= 11 is 3.13. The number of hydrogen-bond donors (Lipinski definition) is 2. The number of amides is 1. The molecule has 1 atom stereocenters. The van der Waals surface area contributed by atoms with Crippen LogP contribution in [0, 0.1) is 0 Å². The van der Waals surface area contributed by atoms with Crippen molar-refractivity contribution in [3.63, 3.8) is 0 Å². The Bertz CT molecular complexity index is 425. The lowest BCUT2D eigenvalue weighted by atomic mass is 10.3. The number of rotatable bonds is 4. The summed E-state index contributed by atoms with van der Waals surface area (Å²) in [5.41, 5.74) is 0.191. The summed E-state index contributed by atoms with van der Waals surface area (Å²) in [5.74, 6) is -1.28. The maximum Gasteiger partial charge on any atom is 0.336 e. The molecule has 0 saturated heterocycles. The van der Waals surface area contributed by atoms with Crippen LogP contribution in [0.1, 0.15) is 10.5 Å². The smallest absolute Gasteiger partial charge is 0.336 e. The molecule has 1 aromatic heterocycles. The van der Waals surface area contributed by atoms with Gasteiger partial charge in [-0.2, -0.15) is 0 Å². The summed E-state index contributed by atoms with van der Waals surface area (Å²) in [6.45, 7) is -0.223. The van der Waals surface area contributed by atoms with Gasteiger partial charge in [-0.1, -0.05) is 6.07 Å². The van der Waals surface area contributed by atoms with Crippen LogP contribution in [0.2, 0.25) is 0 Å². The normalized spacial score (nSPS) is 11.7. The van der Waals surface area contributed by atoms with Gasteiger partial charge < -0.3 is 15.2 Å². The summed E-state index contributed by atoms with van der Waals surface area (Å²) in [6, 6.07) is 4.85. The van der Waals surface area contributed by atoms with Crippen LogP contribution in [0.5, 0.6) is 0 Å². The number of methoxy groups -OCH3 is 1. The Morgan fingerprint density at radius 1 is 1.59 bits per heavy atom. The second-order valence-corrected chi connectivity index (χ2v) is 3.91. The van der Waals surface area contributed by atoms with Crippen molar-refractivity contribution >= 4 is 27.8 Å². The Hall–Kier alpha value is -1.47. The average Bonchev–Trinajstić information content (AvgIpc) is 2.34.